The summed E-state index contributed by atoms with van der Waals surface area (Å²) in [5.74, 6) is 1.43. The number of nitrogens with two attached hydrogens (primary N) is 1. The molecule has 1 heterocycles. The van der Waals surface area contributed by atoms with E-state index in [-0.39, 0.29) is 0 Å². The zero-order valence-electron chi connectivity index (χ0n) is 12.2. The van der Waals surface area contributed by atoms with Gasteiger partial charge in [0.2, 0.25) is 0 Å². The number of likely N-dealkylation sites (tertiary alicyclic amines) is 1. The van der Waals surface area contributed by atoms with Gasteiger partial charge < -0.3 is 15.4 Å². The number of piperidine rings is 1. The Balaban J connectivity index is 1.72. The second-order valence-corrected chi connectivity index (χ2v) is 6.30. The third-order valence-electron chi connectivity index (χ3n) is 4.65. The van der Waals surface area contributed by atoms with Gasteiger partial charge >= 0.3 is 0 Å². The first kappa shape index (κ1) is 15.0. The number of hydrogen-bond donors (Lipinski definition) is 1. The van der Waals surface area contributed by atoms with Gasteiger partial charge in [-0.2, -0.15) is 0 Å². The third kappa shape index (κ3) is 4.90. The average Bonchev–Trinajstić information content (AvgIpc) is 2.42. The predicted molar refractivity (Wildman–Crippen MR) is 80.1 cm³/mol. The van der Waals surface area contributed by atoms with Gasteiger partial charge in [0, 0.05) is 19.1 Å². The fourth-order valence-electron chi connectivity index (χ4n) is 3.57. The summed E-state index contributed by atoms with van der Waals surface area (Å²) in [4.78, 5) is 2.63. The standard InChI is InChI=1S/C16H30N2O/c1-2-10-19-13-14-6-5-9-18(11-14)12-15-7-3-4-8-16(15)17/h2,14-16H,1,3-13,17H2/t14-,15?,16?/m1/s1. The summed E-state index contributed by atoms with van der Waals surface area (Å²) in [6.45, 7) is 8.92. The predicted octanol–water partition coefficient (Wildman–Crippen LogP) is 2.42. The van der Waals surface area contributed by atoms with Crippen LogP contribution in [0, 0.1) is 11.8 Å². The Hall–Kier alpha value is -0.380. The molecule has 1 saturated carbocycles. The minimum absolute atomic E-state index is 0.436. The van der Waals surface area contributed by atoms with E-state index < -0.39 is 0 Å². The highest BCUT2D eigenvalue weighted by Crippen LogP contribution is 2.26. The van der Waals surface area contributed by atoms with E-state index in [1.54, 1.807) is 0 Å². The summed E-state index contributed by atoms with van der Waals surface area (Å²) in [5, 5.41) is 0. The fraction of sp³-hybridized carbons (Fsp3) is 0.875. The second-order valence-electron chi connectivity index (χ2n) is 6.30. The van der Waals surface area contributed by atoms with Crippen LogP contribution in [-0.2, 0) is 4.74 Å². The molecule has 3 nitrogen and oxygen atoms in total. The van der Waals surface area contributed by atoms with E-state index in [4.69, 9.17) is 10.5 Å². The molecule has 2 unspecified atom stereocenters. The largest absolute Gasteiger partial charge is 0.377 e. The summed E-state index contributed by atoms with van der Waals surface area (Å²) < 4.78 is 5.61. The highest BCUT2D eigenvalue weighted by molar-refractivity contribution is 4.83. The molecular formula is C16H30N2O. The maximum atomic E-state index is 6.27. The van der Waals surface area contributed by atoms with Gasteiger partial charge in [-0.15, -0.1) is 6.58 Å². The SMILES string of the molecule is C=CCOC[C@@H]1CCCN(CC2CCCCC2N)C1. The van der Waals surface area contributed by atoms with Crippen LogP contribution in [0.4, 0.5) is 0 Å². The number of nitrogens with zero attached hydrogens (tertiary/aromatic N) is 1. The van der Waals surface area contributed by atoms with Gasteiger partial charge in [0.1, 0.15) is 0 Å². The van der Waals surface area contributed by atoms with Gasteiger partial charge in [-0.25, -0.2) is 0 Å². The van der Waals surface area contributed by atoms with Crippen LogP contribution in [0.2, 0.25) is 0 Å². The van der Waals surface area contributed by atoms with Crippen LogP contribution in [-0.4, -0.2) is 43.8 Å². The Morgan fingerprint density at radius 2 is 2.05 bits per heavy atom. The lowest BCUT2D eigenvalue weighted by Gasteiger charge is -2.38. The quantitative estimate of drug-likeness (QED) is 0.593. The molecule has 1 saturated heterocycles. The van der Waals surface area contributed by atoms with Crippen LogP contribution in [0.5, 0.6) is 0 Å². The van der Waals surface area contributed by atoms with Crippen molar-refractivity contribution < 1.29 is 4.74 Å². The summed E-state index contributed by atoms with van der Waals surface area (Å²) in [6, 6.07) is 0.436. The van der Waals surface area contributed by atoms with Crippen LogP contribution >= 0.6 is 0 Å². The molecule has 19 heavy (non-hydrogen) atoms. The van der Waals surface area contributed by atoms with E-state index in [0.717, 1.165) is 12.5 Å². The van der Waals surface area contributed by atoms with Crippen molar-refractivity contribution in [2.24, 2.45) is 17.6 Å². The normalized spacial score (nSPS) is 33.2. The molecule has 0 aromatic heterocycles. The summed E-state index contributed by atoms with van der Waals surface area (Å²) in [7, 11) is 0. The van der Waals surface area contributed by atoms with Gasteiger partial charge in [-0.05, 0) is 44.1 Å². The zero-order valence-corrected chi connectivity index (χ0v) is 12.2. The van der Waals surface area contributed by atoms with Gasteiger partial charge in [0.15, 0.2) is 0 Å². The topological polar surface area (TPSA) is 38.5 Å². The molecule has 0 spiro atoms. The Morgan fingerprint density at radius 1 is 1.21 bits per heavy atom. The lowest BCUT2D eigenvalue weighted by Crippen LogP contribution is -2.45. The lowest BCUT2D eigenvalue weighted by molar-refractivity contribution is 0.0633. The van der Waals surface area contributed by atoms with Crippen molar-refractivity contribution in [3.05, 3.63) is 12.7 Å². The second kappa shape index (κ2) is 8.03. The van der Waals surface area contributed by atoms with Crippen LogP contribution in [0.15, 0.2) is 12.7 Å². The average molecular weight is 266 g/mol. The van der Waals surface area contributed by atoms with Crippen molar-refractivity contribution in [2.45, 2.75) is 44.6 Å². The maximum Gasteiger partial charge on any atom is 0.0644 e. The summed E-state index contributed by atoms with van der Waals surface area (Å²) in [5.41, 5.74) is 6.27. The molecule has 0 radical (unpaired) electrons. The van der Waals surface area contributed by atoms with Gasteiger partial charge in [-0.3, -0.25) is 0 Å². The summed E-state index contributed by atoms with van der Waals surface area (Å²) >= 11 is 0. The Labute approximate surface area is 118 Å². The Kier molecular flexibility index (Phi) is 6.35. The van der Waals surface area contributed by atoms with Crippen molar-refractivity contribution in [3.63, 3.8) is 0 Å². The monoisotopic (exact) mass is 266 g/mol. The molecule has 110 valence electrons. The molecule has 2 aliphatic rings. The van der Waals surface area contributed by atoms with Gasteiger partial charge in [0.25, 0.3) is 0 Å². The third-order valence-corrected chi connectivity index (χ3v) is 4.65. The number of rotatable bonds is 6. The van der Waals surface area contributed by atoms with Crippen LogP contribution in [0.1, 0.15) is 38.5 Å². The lowest BCUT2D eigenvalue weighted by atomic mass is 9.84. The smallest absolute Gasteiger partial charge is 0.0644 e. The van der Waals surface area contributed by atoms with Crippen molar-refractivity contribution in [2.75, 3.05) is 32.8 Å². The molecular weight excluding hydrogens is 236 g/mol. The minimum Gasteiger partial charge on any atom is -0.377 e. The number of hydrogen-bond acceptors (Lipinski definition) is 3. The molecule has 2 rings (SSSR count). The van der Waals surface area contributed by atoms with Gasteiger partial charge in [-0.1, -0.05) is 18.9 Å². The molecule has 3 heteroatoms. The first-order valence-electron chi connectivity index (χ1n) is 7.96. The van der Waals surface area contributed by atoms with Crippen molar-refractivity contribution in [3.8, 4) is 0 Å². The Bertz CT molecular complexity index is 269. The highest BCUT2D eigenvalue weighted by Gasteiger charge is 2.27. The maximum absolute atomic E-state index is 6.27. The molecule has 2 fully saturated rings. The fourth-order valence-corrected chi connectivity index (χ4v) is 3.57. The molecule has 0 amide bonds. The Morgan fingerprint density at radius 3 is 2.84 bits per heavy atom. The first-order chi connectivity index (χ1) is 9.29. The molecule has 3 atom stereocenters. The molecule has 1 aliphatic heterocycles. The van der Waals surface area contributed by atoms with Crippen molar-refractivity contribution in [1.29, 1.82) is 0 Å². The van der Waals surface area contributed by atoms with E-state index in [0.29, 0.717) is 18.6 Å². The van der Waals surface area contributed by atoms with E-state index in [2.05, 4.69) is 11.5 Å². The van der Waals surface area contributed by atoms with Gasteiger partial charge in [0.05, 0.1) is 13.2 Å². The van der Waals surface area contributed by atoms with E-state index in [1.807, 2.05) is 6.08 Å². The molecule has 2 N–H and O–H groups in total. The van der Waals surface area contributed by atoms with E-state index >= 15 is 0 Å². The highest BCUT2D eigenvalue weighted by atomic mass is 16.5. The van der Waals surface area contributed by atoms with Crippen LogP contribution in [0.3, 0.4) is 0 Å². The molecule has 0 aromatic carbocycles. The van der Waals surface area contributed by atoms with Crippen molar-refractivity contribution in [1.82, 2.24) is 4.90 Å². The molecule has 0 bridgehead atoms. The van der Waals surface area contributed by atoms with Crippen LogP contribution in [0.25, 0.3) is 0 Å². The van der Waals surface area contributed by atoms with E-state index in [1.165, 1.54) is 58.2 Å². The van der Waals surface area contributed by atoms with Crippen molar-refractivity contribution >= 4 is 0 Å². The van der Waals surface area contributed by atoms with Crippen LogP contribution < -0.4 is 5.73 Å². The molecule has 1 aliphatic carbocycles. The number of ether oxygens (including phenoxy) is 1. The van der Waals surface area contributed by atoms with E-state index in [9.17, 15) is 0 Å². The minimum atomic E-state index is 0.436. The summed E-state index contributed by atoms with van der Waals surface area (Å²) in [6.07, 6.45) is 9.71. The zero-order chi connectivity index (χ0) is 13.5. The molecule has 0 aromatic rings. The first-order valence-corrected chi connectivity index (χ1v) is 7.96.